The van der Waals surface area contributed by atoms with Crippen LogP contribution in [0.4, 0.5) is 0 Å². The molecule has 7 nitrogen and oxygen atoms in total. The fourth-order valence-electron chi connectivity index (χ4n) is 0.322. The molecule has 1 aliphatic heterocycles. The van der Waals surface area contributed by atoms with Gasteiger partial charge in [0, 0.05) is 0 Å². The summed E-state index contributed by atoms with van der Waals surface area (Å²) in [6.45, 7) is 0.0345. The first-order chi connectivity index (χ1) is 5.29. The highest BCUT2D eigenvalue weighted by molar-refractivity contribution is 7.75. The lowest BCUT2D eigenvalue weighted by atomic mass is 10.8. The van der Waals surface area contributed by atoms with Gasteiger partial charge in [-0.05, 0) is 5.64 Å². The molecular weight excluding hydrogens is 198 g/mol. The van der Waals surface area contributed by atoms with Gasteiger partial charge in [0.2, 0.25) is 0 Å². The zero-order valence-electron chi connectivity index (χ0n) is 5.18. The van der Waals surface area contributed by atoms with E-state index in [1.165, 1.54) is 0 Å². The van der Waals surface area contributed by atoms with Gasteiger partial charge < -0.3 is 0 Å². The van der Waals surface area contributed by atoms with Crippen LogP contribution in [0.1, 0.15) is 0 Å². The molecule has 0 spiro atoms. The Morgan fingerprint density at radius 2 is 1.45 bits per heavy atom. The topological polar surface area (TPSA) is 83.1 Å². The maximum absolute atomic E-state index is 10.5. The first-order valence-electron chi connectivity index (χ1n) is 2.49. The van der Waals surface area contributed by atoms with Gasteiger partial charge in [-0.2, -0.15) is 17.0 Å². The molecule has 0 aromatic heterocycles. The first-order valence-corrected chi connectivity index (χ1v) is 4.49. The van der Waals surface area contributed by atoms with Gasteiger partial charge in [0.1, 0.15) is 0 Å². The highest BCUT2D eigenvalue weighted by atomic mass is 32.2. The van der Waals surface area contributed by atoms with E-state index in [1.807, 2.05) is 0 Å². The Labute approximate surface area is 67.6 Å². The van der Waals surface area contributed by atoms with Crippen LogP contribution in [-0.2, 0) is 39.7 Å². The van der Waals surface area contributed by atoms with Crippen LogP contribution in [0, 0.1) is 0 Å². The summed E-state index contributed by atoms with van der Waals surface area (Å²) in [6, 6.07) is 0. The molecule has 1 rings (SSSR count). The van der Waals surface area contributed by atoms with Gasteiger partial charge in [-0.25, -0.2) is 0 Å². The molecule has 2 atom stereocenters. The van der Waals surface area contributed by atoms with Gasteiger partial charge in [-0.1, -0.05) is 0 Å². The zero-order valence-corrected chi connectivity index (χ0v) is 6.81. The van der Waals surface area contributed by atoms with E-state index in [9.17, 15) is 8.42 Å². The Morgan fingerprint density at radius 3 is 1.91 bits per heavy atom. The molecule has 1 heterocycles. The summed E-state index contributed by atoms with van der Waals surface area (Å²) in [5.74, 6) is 0. The quantitative estimate of drug-likeness (QED) is 0.520. The minimum absolute atomic E-state index is 0.0173. The lowest BCUT2D eigenvalue weighted by Crippen LogP contribution is -2.18. The SMILES string of the molecule is O=S1OCCOS(=O)ONO1. The van der Waals surface area contributed by atoms with E-state index in [0.717, 1.165) is 0 Å². The van der Waals surface area contributed by atoms with Crippen molar-refractivity contribution in [2.45, 2.75) is 0 Å². The van der Waals surface area contributed by atoms with Gasteiger partial charge in [0.05, 0.1) is 13.2 Å². The van der Waals surface area contributed by atoms with E-state index in [2.05, 4.69) is 16.9 Å². The minimum atomic E-state index is -1.95. The van der Waals surface area contributed by atoms with Crippen molar-refractivity contribution in [3.63, 3.8) is 0 Å². The second-order valence-electron chi connectivity index (χ2n) is 1.30. The van der Waals surface area contributed by atoms with Gasteiger partial charge in [0.15, 0.2) is 0 Å². The smallest absolute Gasteiger partial charge is 0.265 e. The highest BCUT2D eigenvalue weighted by Crippen LogP contribution is 1.93. The van der Waals surface area contributed by atoms with Crippen LogP contribution >= 0.6 is 0 Å². The van der Waals surface area contributed by atoms with Crippen LogP contribution in [0.3, 0.4) is 0 Å². The van der Waals surface area contributed by atoms with Crippen LogP contribution in [0.15, 0.2) is 0 Å². The molecule has 0 aromatic rings. The molecule has 11 heavy (non-hydrogen) atoms. The predicted molar refractivity (Wildman–Crippen MR) is 33.5 cm³/mol. The summed E-state index contributed by atoms with van der Waals surface area (Å²) < 4.78 is 38.1. The Kier molecular flexibility index (Phi) is 4.07. The predicted octanol–water partition coefficient (Wildman–Crippen LogP) is -1.36. The summed E-state index contributed by atoms with van der Waals surface area (Å²) in [7, 11) is 0. The number of nitrogens with one attached hydrogen (secondary N) is 1. The average Bonchev–Trinajstić information content (AvgIpc) is 2.04. The zero-order chi connectivity index (χ0) is 8.10. The highest BCUT2D eigenvalue weighted by Gasteiger charge is 2.08. The molecule has 0 bridgehead atoms. The second-order valence-corrected chi connectivity index (χ2v) is 2.92. The standard InChI is InChI=1S/C2H5NO6S2/c4-10-6-1-2-7-11(5)9-3-8-10/h3H,1-2H2. The van der Waals surface area contributed by atoms with Crippen LogP contribution in [-0.4, -0.2) is 21.6 Å². The fraction of sp³-hybridized carbons (Fsp3) is 1.00. The average molecular weight is 203 g/mol. The molecule has 66 valence electrons. The van der Waals surface area contributed by atoms with Crippen molar-refractivity contribution in [3.8, 4) is 0 Å². The maximum Gasteiger partial charge on any atom is 0.324 e. The first kappa shape index (κ1) is 9.19. The lowest BCUT2D eigenvalue weighted by Gasteiger charge is -1.97. The lowest BCUT2D eigenvalue weighted by molar-refractivity contribution is -0.0101. The Hall–Kier alpha value is 0.1000. The molecule has 0 aromatic carbocycles. The maximum atomic E-state index is 10.5. The summed E-state index contributed by atoms with van der Waals surface area (Å²) in [6.07, 6.45) is 0. The van der Waals surface area contributed by atoms with Gasteiger partial charge in [-0.15, -0.1) is 0 Å². The molecule has 0 amide bonds. The molecule has 0 saturated carbocycles. The molecule has 1 N–H and O–H groups in total. The van der Waals surface area contributed by atoms with Crippen LogP contribution in [0.25, 0.3) is 0 Å². The van der Waals surface area contributed by atoms with E-state index >= 15 is 0 Å². The van der Waals surface area contributed by atoms with Gasteiger partial charge in [-0.3, -0.25) is 8.37 Å². The summed E-state index contributed by atoms with van der Waals surface area (Å²) in [5.41, 5.74) is 1.68. The molecule has 1 fully saturated rings. The third-order valence-electron chi connectivity index (χ3n) is 0.647. The van der Waals surface area contributed by atoms with E-state index < -0.39 is 22.7 Å². The largest absolute Gasteiger partial charge is 0.324 e. The molecule has 9 heteroatoms. The van der Waals surface area contributed by atoms with Crippen LogP contribution < -0.4 is 5.64 Å². The van der Waals surface area contributed by atoms with Crippen LogP contribution in [0.2, 0.25) is 0 Å². The summed E-state index contributed by atoms with van der Waals surface area (Å²) in [4.78, 5) is 0. The Balaban J connectivity index is 2.35. The van der Waals surface area contributed by atoms with E-state index in [-0.39, 0.29) is 13.2 Å². The third-order valence-corrected chi connectivity index (χ3v) is 1.77. The third kappa shape index (κ3) is 3.86. The van der Waals surface area contributed by atoms with Crippen molar-refractivity contribution in [1.82, 2.24) is 5.64 Å². The monoisotopic (exact) mass is 203 g/mol. The van der Waals surface area contributed by atoms with E-state index in [0.29, 0.717) is 0 Å². The molecule has 1 aliphatic rings. The molecule has 0 radical (unpaired) electrons. The number of hydrogen-bond donors (Lipinski definition) is 1. The molecule has 1 saturated heterocycles. The van der Waals surface area contributed by atoms with Gasteiger partial charge in [0.25, 0.3) is 0 Å². The van der Waals surface area contributed by atoms with Crippen LogP contribution in [0.5, 0.6) is 0 Å². The summed E-state index contributed by atoms with van der Waals surface area (Å²) >= 11 is -3.89. The Bertz CT molecular complexity index is 154. The minimum Gasteiger partial charge on any atom is -0.265 e. The van der Waals surface area contributed by atoms with E-state index in [1.54, 1.807) is 5.64 Å². The molecule has 0 aliphatic carbocycles. The van der Waals surface area contributed by atoms with Gasteiger partial charge >= 0.3 is 22.7 Å². The van der Waals surface area contributed by atoms with Crippen molar-refractivity contribution in [3.05, 3.63) is 0 Å². The summed E-state index contributed by atoms with van der Waals surface area (Å²) in [5, 5.41) is 0. The molecule has 2 unspecified atom stereocenters. The normalized spacial score (nSPS) is 35.3. The molecular formula is C2H5NO6S2. The number of rotatable bonds is 0. The van der Waals surface area contributed by atoms with Crippen molar-refractivity contribution in [1.29, 1.82) is 0 Å². The second kappa shape index (κ2) is 4.87. The van der Waals surface area contributed by atoms with Crippen molar-refractivity contribution in [2.75, 3.05) is 13.2 Å². The van der Waals surface area contributed by atoms with Crippen molar-refractivity contribution >= 4 is 22.7 Å². The van der Waals surface area contributed by atoms with Crippen molar-refractivity contribution in [2.24, 2.45) is 0 Å². The number of hydrogen-bond acceptors (Lipinski definition) is 7. The van der Waals surface area contributed by atoms with Crippen molar-refractivity contribution < 1.29 is 25.4 Å². The fourth-order valence-corrected chi connectivity index (χ4v) is 1.05. The Morgan fingerprint density at radius 1 is 1.00 bits per heavy atom. The van der Waals surface area contributed by atoms with E-state index in [4.69, 9.17) is 0 Å².